The van der Waals surface area contributed by atoms with E-state index in [0.29, 0.717) is 19.6 Å². The third-order valence-corrected chi connectivity index (χ3v) is 2.64. The van der Waals surface area contributed by atoms with Gasteiger partial charge in [-0.25, -0.2) is 8.78 Å². The van der Waals surface area contributed by atoms with Crippen LogP contribution in [0.3, 0.4) is 0 Å². The molecule has 0 bridgehead atoms. The number of amides is 1. The van der Waals surface area contributed by atoms with Crippen LogP contribution in [0.2, 0.25) is 0 Å². The lowest BCUT2D eigenvalue weighted by Crippen LogP contribution is -2.58. The first kappa shape index (κ1) is 8.87. The molecule has 0 aromatic rings. The molecular formula is C8H12F2N2O. The van der Waals surface area contributed by atoms with Gasteiger partial charge in [-0.05, 0) is 0 Å². The summed E-state index contributed by atoms with van der Waals surface area (Å²) in [6, 6.07) is -0.218. The van der Waals surface area contributed by atoms with Gasteiger partial charge in [-0.1, -0.05) is 0 Å². The normalized spacial score (nSPS) is 28.8. The fourth-order valence-electron chi connectivity index (χ4n) is 1.86. The number of halogens is 2. The number of carbonyl (C=O) groups excluding carboxylic acids is 1. The van der Waals surface area contributed by atoms with Gasteiger partial charge in [0.25, 0.3) is 5.92 Å². The molecule has 0 aromatic carbocycles. The molecule has 1 aliphatic carbocycles. The zero-order valence-corrected chi connectivity index (χ0v) is 7.22. The fourth-order valence-corrected chi connectivity index (χ4v) is 1.86. The van der Waals surface area contributed by atoms with E-state index in [2.05, 4.69) is 5.32 Å². The first-order chi connectivity index (χ1) is 6.08. The van der Waals surface area contributed by atoms with Crippen molar-refractivity contribution in [2.24, 2.45) is 0 Å². The Morgan fingerprint density at radius 2 is 2.15 bits per heavy atom. The van der Waals surface area contributed by atoms with Gasteiger partial charge in [0.2, 0.25) is 5.91 Å². The van der Waals surface area contributed by atoms with Gasteiger partial charge in [-0.2, -0.15) is 0 Å². The van der Waals surface area contributed by atoms with Crippen LogP contribution >= 0.6 is 0 Å². The number of piperazine rings is 1. The van der Waals surface area contributed by atoms with E-state index in [0.717, 1.165) is 0 Å². The zero-order valence-electron chi connectivity index (χ0n) is 7.22. The van der Waals surface area contributed by atoms with Crippen molar-refractivity contribution in [3.05, 3.63) is 0 Å². The molecule has 3 nitrogen and oxygen atoms in total. The van der Waals surface area contributed by atoms with Crippen molar-refractivity contribution in [1.82, 2.24) is 10.2 Å². The summed E-state index contributed by atoms with van der Waals surface area (Å²) in [5, 5.41) is 2.91. The lowest BCUT2D eigenvalue weighted by atomic mass is 9.86. The Kier molecular flexibility index (Phi) is 1.98. The van der Waals surface area contributed by atoms with Crippen molar-refractivity contribution in [3.8, 4) is 0 Å². The van der Waals surface area contributed by atoms with Crippen LogP contribution in [0.4, 0.5) is 8.78 Å². The molecule has 0 atom stereocenters. The summed E-state index contributed by atoms with van der Waals surface area (Å²) in [6.07, 6.45) is -0.308. The summed E-state index contributed by atoms with van der Waals surface area (Å²) in [5.41, 5.74) is 0. The largest absolute Gasteiger partial charge is 0.337 e. The molecule has 2 rings (SSSR count). The highest BCUT2D eigenvalue weighted by Crippen LogP contribution is 2.40. The molecule has 13 heavy (non-hydrogen) atoms. The second kappa shape index (κ2) is 2.90. The van der Waals surface area contributed by atoms with Crippen molar-refractivity contribution >= 4 is 5.91 Å². The summed E-state index contributed by atoms with van der Waals surface area (Å²) in [7, 11) is 0. The SMILES string of the molecule is O=C1CNCCN1C1CC(F)(F)C1. The van der Waals surface area contributed by atoms with Crippen LogP contribution < -0.4 is 5.32 Å². The molecule has 1 heterocycles. The van der Waals surface area contributed by atoms with Gasteiger partial charge in [0.05, 0.1) is 6.54 Å². The minimum atomic E-state index is -2.53. The molecule has 0 radical (unpaired) electrons. The maximum absolute atomic E-state index is 12.5. The summed E-state index contributed by atoms with van der Waals surface area (Å²) >= 11 is 0. The molecule has 1 amide bonds. The topological polar surface area (TPSA) is 32.3 Å². The molecular weight excluding hydrogens is 178 g/mol. The Morgan fingerprint density at radius 3 is 2.69 bits per heavy atom. The van der Waals surface area contributed by atoms with Gasteiger partial charge in [0.15, 0.2) is 0 Å². The van der Waals surface area contributed by atoms with Crippen LogP contribution in [0.25, 0.3) is 0 Å². The average Bonchev–Trinajstić information content (AvgIpc) is 2.01. The number of nitrogens with one attached hydrogen (secondary N) is 1. The van der Waals surface area contributed by atoms with Gasteiger partial charge < -0.3 is 10.2 Å². The Labute approximate surface area is 75.1 Å². The van der Waals surface area contributed by atoms with Gasteiger partial charge in [0, 0.05) is 32.0 Å². The summed E-state index contributed by atoms with van der Waals surface area (Å²) < 4.78 is 25.0. The minimum absolute atomic E-state index is 0.0493. The van der Waals surface area contributed by atoms with Crippen LogP contribution in [0, 0.1) is 0 Å². The first-order valence-electron chi connectivity index (χ1n) is 4.46. The molecule has 2 aliphatic rings. The number of rotatable bonds is 1. The van der Waals surface area contributed by atoms with Gasteiger partial charge in [-0.15, -0.1) is 0 Å². The van der Waals surface area contributed by atoms with E-state index in [1.165, 1.54) is 0 Å². The predicted molar refractivity (Wildman–Crippen MR) is 42.6 cm³/mol. The van der Waals surface area contributed by atoms with E-state index in [9.17, 15) is 13.6 Å². The van der Waals surface area contributed by atoms with E-state index in [1.807, 2.05) is 0 Å². The Hall–Kier alpha value is -0.710. The molecule has 0 unspecified atom stereocenters. The molecule has 1 N–H and O–H groups in total. The summed E-state index contributed by atoms with van der Waals surface area (Å²) in [6.45, 7) is 1.58. The molecule has 1 saturated carbocycles. The summed E-state index contributed by atoms with van der Waals surface area (Å²) in [4.78, 5) is 12.8. The van der Waals surface area contributed by atoms with E-state index in [4.69, 9.17) is 0 Å². The molecule has 74 valence electrons. The van der Waals surface area contributed by atoms with E-state index in [1.54, 1.807) is 4.90 Å². The number of hydrogen-bond donors (Lipinski definition) is 1. The Balaban J connectivity index is 1.91. The Bertz CT molecular complexity index is 224. The number of carbonyl (C=O) groups is 1. The first-order valence-corrected chi connectivity index (χ1v) is 4.46. The van der Waals surface area contributed by atoms with Gasteiger partial charge >= 0.3 is 0 Å². The number of alkyl halides is 2. The van der Waals surface area contributed by atoms with E-state index in [-0.39, 0.29) is 24.8 Å². The number of hydrogen-bond acceptors (Lipinski definition) is 2. The van der Waals surface area contributed by atoms with Crippen molar-refractivity contribution in [2.75, 3.05) is 19.6 Å². The maximum Gasteiger partial charge on any atom is 0.252 e. The molecule has 2 fully saturated rings. The second-order valence-corrected chi connectivity index (χ2v) is 3.68. The van der Waals surface area contributed by atoms with Crippen LogP contribution in [0.1, 0.15) is 12.8 Å². The molecule has 5 heteroatoms. The highest BCUT2D eigenvalue weighted by atomic mass is 19.3. The molecule has 1 saturated heterocycles. The maximum atomic E-state index is 12.5. The highest BCUT2D eigenvalue weighted by molar-refractivity contribution is 5.79. The van der Waals surface area contributed by atoms with Crippen molar-refractivity contribution in [2.45, 2.75) is 24.8 Å². The number of nitrogens with zero attached hydrogens (tertiary/aromatic N) is 1. The van der Waals surface area contributed by atoms with Crippen molar-refractivity contribution in [1.29, 1.82) is 0 Å². The van der Waals surface area contributed by atoms with E-state index >= 15 is 0 Å². The van der Waals surface area contributed by atoms with Crippen LogP contribution in [-0.4, -0.2) is 42.4 Å². The lowest BCUT2D eigenvalue weighted by Gasteiger charge is -2.44. The van der Waals surface area contributed by atoms with Crippen molar-refractivity contribution < 1.29 is 13.6 Å². The molecule has 0 spiro atoms. The molecule has 0 aromatic heterocycles. The monoisotopic (exact) mass is 190 g/mol. The van der Waals surface area contributed by atoms with Gasteiger partial charge in [-0.3, -0.25) is 4.79 Å². The molecule has 1 aliphatic heterocycles. The second-order valence-electron chi connectivity index (χ2n) is 3.68. The third kappa shape index (κ3) is 1.65. The lowest BCUT2D eigenvalue weighted by molar-refractivity contribution is -0.154. The van der Waals surface area contributed by atoms with E-state index < -0.39 is 5.92 Å². The quantitative estimate of drug-likeness (QED) is 0.641. The Morgan fingerprint density at radius 1 is 1.46 bits per heavy atom. The fraction of sp³-hybridized carbons (Fsp3) is 0.875. The minimum Gasteiger partial charge on any atom is -0.337 e. The smallest absolute Gasteiger partial charge is 0.252 e. The van der Waals surface area contributed by atoms with Crippen LogP contribution in [0.15, 0.2) is 0 Å². The van der Waals surface area contributed by atoms with Crippen molar-refractivity contribution in [3.63, 3.8) is 0 Å². The zero-order chi connectivity index (χ0) is 9.47. The standard InChI is InChI=1S/C8H12F2N2O/c9-8(10)3-6(4-8)12-2-1-11-5-7(12)13/h6,11H,1-5H2. The summed E-state index contributed by atoms with van der Waals surface area (Å²) in [5.74, 6) is -2.58. The van der Waals surface area contributed by atoms with Crippen LogP contribution in [0.5, 0.6) is 0 Å². The third-order valence-electron chi connectivity index (χ3n) is 2.64. The predicted octanol–water partition coefficient (Wildman–Crippen LogP) is 0.216. The average molecular weight is 190 g/mol. The highest BCUT2D eigenvalue weighted by Gasteiger charge is 2.49. The van der Waals surface area contributed by atoms with Gasteiger partial charge in [0.1, 0.15) is 0 Å². The van der Waals surface area contributed by atoms with Crippen LogP contribution in [-0.2, 0) is 4.79 Å².